The number of anilines is 1. The van der Waals surface area contributed by atoms with Crippen molar-refractivity contribution in [3.8, 4) is 5.75 Å². The molecule has 1 aliphatic rings. The van der Waals surface area contributed by atoms with Crippen LogP contribution in [0.25, 0.3) is 0 Å². The van der Waals surface area contributed by atoms with Crippen LogP contribution in [0.4, 0.5) is 5.69 Å². The molecule has 1 saturated heterocycles. The third-order valence-corrected chi connectivity index (χ3v) is 3.61. The second-order valence-electron chi connectivity index (χ2n) is 5.03. The predicted octanol–water partition coefficient (Wildman–Crippen LogP) is 1.05. The third kappa shape index (κ3) is 2.66. The standard InChI is InChI=1S/C14H21N3O2/c1-10-9-16(2)7-8-17(10)14(18)11-5-4-6-12(19-3)13(11)15/h4-6,10H,7-9,15H2,1-3H3. The average molecular weight is 263 g/mol. The molecular weight excluding hydrogens is 242 g/mol. The van der Waals surface area contributed by atoms with E-state index >= 15 is 0 Å². The summed E-state index contributed by atoms with van der Waals surface area (Å²) in [5.74, 6) is 0.532. The molecule has 0 aromatic heterocycles. The zero-order valence-corrected chi connectivity index (χ0v) is 11.7. The summed E-state index contributed by atoms with van der Waals surface area (Å²) in [7, 11) is 3.62. The molecule has 1 atom stereocenters. The van der Waals surface area contributed by atoms with Gasteiger partial charge in [-0.1, -0.05) is 6.07 Å². The summed E-state index contributed by atoms with van der Waals surface area (Å²) >= 11 is 0. The topological polar surface area (TPSA) is 58.8 Å². The van der Waals surface area contributed by atoms with E-state index in [0.717, 1.165) is 19.6 Å². The second kappa shape index (κ2) is 5.48. The van der Waals surface area contributed by atoms with E-state index in [4.69, 9.17) is 10.5 Å². The van der Waals surface area contributed by atoms with Crippen molar-refractivity contribution in [1.29, 1.82) is 0 Å². The molecule has 0 spiro atoms. The lowest BCUT2D eigenvalue weighted by atomic mass is 10.1. The summed E-state index contributed by atoms with van der Waals surface area (Å²) in [6.07, 6.45) is 0. The number of piperazine rings is 1. The molecule has 0 radical (unpaired) electrons. The van der Waals surface area contributed by atoms with Gasteiger partial charge in [-0.15, -0.1) is 0 Å². The Morgan fingerprint density at radius 3 is 2.79 bits per heavy atom. The van der Waals surface area contributed by atoms with Crippen molar-refractivity contribution in [2.75, 3.05) is 39.5 Å². The van der Waals surface area contributed by atoms with E-state index in [2.05, 4.69) is 18.9 Å². The van der Waals surface area contributed by atoms with Gasteiger partial charge in [0, 0.05) is 25.7 Å². The molecule has 104 valence electrons. The summed E-state index contributed by atoms with van der Waals surface area (Å²) in [5, 5.41) is 0. The van der Waals surface area contributed by atoms with E-state index in [9.17, 15) is 4.79 Å². The molecule has 1 fully saturated rings. The Kier molecular flexibility index (Phi) is 3.95. The largest absolute Gasteiger partial charge is 0.495 e. The van der Waals surface area contributed by atoms with Crippen LogP contribution in [0.3, 0.4) is 0 Å². The van der Waals surface area contributed by atoms with Gasteiger partial charge in [0.05, 0.1) is 18.4 Å². The first-order valence-electron chi connectivity index (χ1n) is 6.46. The number of hydrogen-bond acceptors (Lipinski definition) is 4. The molecule has 5 heteroatoms. The van der Waals surface area contributed by atoms with E-state index in [1.807, 2.05) is 4.90 Å². The van der Waals surface area contributed by atoms with Gasteiger partial charge in [0.25, 0.3) is 5.91 Å². The number of carbonyl (C=O) groups excluding carboxylic acids is 1. The Labute approximate surface area is 113 Å². The van der Waals surface area contributed by atoms with Crippen LogP contribution < -0.4 is 10.5 Å². The smallest absolute Gasteiger partial charge is 0.256 e. The lowest BCUT2D eigenvalue weighted by Crippen LogP contribution is -2.52. The number of ether oxygens (including phenoxy) is 1. The maximum Gasteiger partial charge on any atom is 0.256 e. The zero-order chi connectivity index (χ0) is 14.0. The van der Waals surface area contributed by atoms with Gasteiger partial charge in [-0.05, 0) is 26.1 Å². The van der Waals surface area contributed by atoms with Crippen LogP contribution in [-0.4, -0.2) is 55.5 Å². The maximum atomic E-state index is 12.6. The van der Waals surface area contributed by atoms with Gasteiger partial charge in [0.2, 0.25) is 0 Å². The molecule has 1 aliphatic heterocycles. The number of nitrogens with zero attached hydrogens (tertiary/aromatic N) is 2. The van der Waals surface area contributed by atoms with Crippen molar-refractivity contribution >= 4 is 11.6 Å². The summed E-state index contributed by atoms with van der Waals surface area (Å²) in [5.41, 5.74) is 6.93. The first kappa shape index (κ1) is 13.7. The number of rotatable bonds is 2. The third-order valence-electron chi connectivity index (χ3n) is 3.61. The number of hydrogen-bond donors (Lipinski definition) is 1. The normalized spacial score (nSPS) is 20.4. The molecule has 19 heavy (non-hydrogen) atoms. The molecule has 1 amide bonds. The fourth-order valence-electron chi connectivity index (χ4n) is 2.50. The van der Waals surface area contributed by atoms with Gasteiger partial charge >= 0.3 is 0 Å². The molecule has 5 nitrogen and oxygen atoms in total. The molecule has 0 saturated carbocycles. The molecule has 1 heterocycles. The van der Waals surface area contributed by atoms with E-state index < -0.39 is 0 Å². The minimum absolute atomic E-state index is 0.0167. The number of nitrogen functional groups attached to an aromatic ring is 1. The maximum absolute atomic E-state index is 12.6. The van der Waals surface area contributed by atoms with E-state index in [0.29, 0.717) is 17.0 Å². The highest BCUT2D eigenvalue weighted by Gasteiger charge is 2.28. The molecule has 1 aromatic carbocycles. The summed E-state index contributed by atoms with van der Waals surface area (Å²) < 4.78 is 5.16. The van der Waals surface area contributed by atoms with E-state index in [1.165, 1.54) is 0 Å². The fourth-order valence-corrected chi connectivity index (χ4v) is 2.50. The molecule has 0 aliphatic carbocycles. The fraction of sp³-hybridized carbons (Fsp3) is 0.500. The Hall–Kier alpha value is -1.75. The highest BCUT2D eigenvalue weighted by Crippen LogP contribution is 2.26. The van der Waals surface area contributed by atoms with Gasteiger partial charge in [-0.2, -0.15) is 0 Å². The van der Waals surface area contributed by atoms with Gasteiger partial charge in [-0.3, -0.25) is 4.79 Å². The summed E-state index contributed by atoms with van der Waals surface area (Å²) in [6.45, 7) is 4.56. The van der Waals surface area contributed by atoms with Crippen LogP contribution in [0.5, 0.6) is 5.75 Å². The zero-order valence-electron chi connectivity index (χ0n) is 11.7. The number of para-hydroxylation sites is 1. The molecule has 2 rings (SSSR count). The van der Waals surface area contributed by atoms with Gasteiger partial charge in [-0.25, -0.2) is 0 Å². The first-order valence-corrected chi connectivity index (χ1v) is 6.46. The number of methoxy groups -OCH3 is 1. The molecule has 1 unspecified atom stereocenters. The summed E-state index contributed by atoms with van der Waals surface area (Å²) in [4.78, 5) is 16.7. The minimum Gasteiger partial charge on any atom is -0.495 e. The van der Waals surface area contributed by atoms with E-state index in [1.54, 1.807) is 25.3 Å². The average Bonchev–Trinajstić information content (AvgIpc) is 2.38. The Morgan fingerprint density at radius 2 is 2.16 bits per heavy atom. The van der Waals surface area contributed by atoms with Crippen molar-refractivity contribution in [2.45, 2.75) is 13.0 Å². The Morgan fingerprint density at radius 1 is 1.42 bits per heavy atom. The quantitative estimate of drug-likeness (QED) is 0.810. The second-order valence-corrected chi connectivity index (χ2v) is 5.03. The number of amides is 1. The minimum atomic E-state index is -0.0167. The number of nitrogens with two attached hydrogens (primary N) is 1. The summed E-state index contributed by atoms with van der Waals surface area (Å²) in [6, 6.07) is 5.50. The molecular formula is C14H21N3O2. The van der Waals surface area contributed by atoms with Gasteiger partial charge < -0.3 is 20.3 Å². The highest BCUT2D eigenvalue weighted by atomic mass is 16.5. The Balaban J connectivity index is 2.24. The van der Waals surface area contributed by atoms with Crippen molar-refractivity contribution in [3.63, 3.8) is 0 Å². The van der Waals surface area contributed by atoms with Crippen LogP contribution >= 0.6 is 0 Å². The SMILES string of the molecule is COc1cccc(C(=O)N2CCN(C)CC2C)c1N. The number of carbonyl (C=O) groups is 1. The van der Waals surface area contributed by atoms with Crippen molar-refractivity contribution < 1.29 is 9.53 Å². The van der Waals surface area contributed by atoms with E-state index in [-0.39, 0.29) is 11.9 Å². The van der Waals surface area contributed by atoms with Crippen molar-refractivity contribution in [1.82, 2.24) is 9.80 Å². The van der Waals surface area contributed by atoms with Crippen LogP contribution in [0, 0.1) is 0 Å². The van der Waals surface area contributed by atoms with Crippen LogP contribution in [-0.2, 0) is 0 Å². The molecule has 1 aromatic rings. The Bertz CT molecular complexity index is 476. The van der Waals surface area contributed by atoms with Crippen molar-refractivity contribution in [2.24, 2.45) is 0 Å². The molecule has 2 N–H and O–H groups in total. The van der Waals surface area contributed by atoms with Crippen LogP contribution in [0.2, 0.25) is 0 Å². The highest BCUT2D eigenvalue weighted by molar-refractivity contribution is 6.00. The lowest BCUT2D eigenvalue weighted by molar-refractivity contribution is 0.0534. The van der Waals surface area contributed by atoms with Crippen LogP contribution in [0.15, 0.2) is 18.2 Å². The lowest BCUT2D eigenvalue weighted by Gasteiger charge is -2.38. The molecule has 0 bridgehead atoms. The monoisotopic (exact) mass is 263 g/mol. The van der Waals surface area contributed by atoms with Crippen LogP contribution in [0.1, 0.15) is 17.3 Å². The predicted molar refractivity (Wildman–Crippen MR) is 75.4 cm³/mol. The van der Waals surface area contributed by atoms with Gasteiger partial charge in [0.1, 0.15) is 5.75 Å². The number of benzene rings is 1. The van der Waals surface area contributed by atoms with Crippen molar-refractivity contribution in [3.05, 3.63) is 23.8 Å². The first-order chi connectivity index (χ1) is 9.04. The number of likely N-dealkylation sites (N-methyl/N-ethyl adjacent to an activating group) is 1. The van der Waals surface area contributed by atoms with Gasteiger partial charge in [0.15, 0.2) is 0 Å².